The monoisotopic (exact) mass is 193 g/mol. The maximum atomic E-state index is 11.5. The Balaban J connectivity index is 2.42. The first-order chi connectivity index (χ1) is 6.74. The van der Waals surface area contributed by atoms with Gasteiger partial charge in [-0.1, -0.05) is 19.1 Å². The molecule has 1 atom stereocenters. The number of benzene rings is 1. The first-order valence-electron chi connectivity index (χ1n) is 4.52. The van der Waals surface area contributed by atoms with E-state index in [4.69, 9.17) is 4.74 Å². The van der Waals surface area contributed by atoms with Crippen LogP contribution in [0.15, 0.2) is 24.3 Å². The molecule has 0 aliphatic carbocycles. The number of fused-ring (bicyclic) bond motifs is 1. The van der Waals surface area contributed by atoms with Crippen molar-refractivity contribution in [3.05, 3.63) is 24.3 Å². The van der Waals surface area contributed by atoms with Crippen molar-refractivity contribution in [2.24, 2.45) is 0 Å². The highest BCUT2D eigenvalue weighted by Gasteiger charge is 2.32. The largest absolute Gasteiger partial charge is 0.478 e. The smallest absolute Gasteiger partial charge is 0.291 e. The zero-order valence-electron chi connectivity index (χ0n) is 7.80. The topological polar surface area (TPSA) is 49.8 Å². The lowest BCUT2D eigenvalue weighted by molar-refractivity contribution is -0.132. The van der Waals surface area contributed by atoms with Gasteiger partial charge in [-0.3, -0.25) is 10.0 Å². The lowest BCUT2D eigenvalue weighted by atomic mass is 10.2. The molecule has 1 aromatic carbocycles. The van der Waals surface area contributed by atoms with E-state index >= 15 is 0 Å². The predicted octanol–water partition coefficient (Wildman–Crippen LogP) is 1.58. The van der Waals surface area contributed by atoms with Gasteiger partial charge in [0.2, 0.25) is 0 Å². The number of rotatable bonds is 1. The fourth-order valence-electron chi connectivity index (χ4n) is 1.45. The number of hydrogen-bond donors (Lipinski definition) is 1. The molecule has 0 unspecified atom stereocenters. The summed E-state index contributed by atoms with van der Waals surface area (Å²) in [5, 5.41) is 10.2. The van der Waals surface area contributed by atoms with Crippen molar-refractivity contribution in [2.75, 3.05) is 5.06 Å². The molecule has 1 aromatic rings. The van der Waals surface area contributed by atoms with Crippen LogP contribution in [0.25, 0.3) is 0 Å². The minimum atomic E-state index is -0.574. The van der Waals surface area contributed by atoms with Crippen LogP contribution >= 0.6 is 0 Å². The molecule has 1 aliphatic heterocycles. The third-order valence-corrected chi connectivity index (χ3v) is 2.22. The van der Waals surface area contributed by atoms with Crippen LogP contribution in [-0.2, 0) is 4.79 Å². The highest BCUT2D eigenvalue weighted by Crippen LogP contribution is 2.32. The normalized spacial score (nSPS) is 20.3. The van der Waals surface area contributed by atoms with E-state index < -0.39 is 12.0 Å². The Kier molecular flexibility index (Phi) is 2.13. The average Bonchev–Trinajstić information content (AvgIpc) is 2.23. The van der Waals surface area contributed by atoms with Crippen molar-refractivity contribution < 1.29 is 14.7 Å². The van der Waals surface area contributed by atoms with Crippen LogP contribution in [0.4, 0.5) is 5.69 Å². The minimum absolute atomic E-state index is 0.405. The van der Waals surface area contributed by atoms with Gasteiger partial charge < -0.3 is 4.74 Å². The number of ether oxygens (including phenoxy) is 1. The molecule has 4 nitrogen and oxygen atoms in total. The molecular formula is C10H11NO3. The second kappa shape index (κ2) is 3.31. The van der Waals surface area contributed by atoms with E-state index in [9.17, 15) is 10.0 Å². The quantitative estimate of drug-likeness (QED) is 0.689. The number of para-hydroxylation sites is 2. The molecule has 0 aromatic heterocycles. The summed E-state index contributed by atoms with van der Waals surface area (Å²) in [6.07, 6.45) is -0.0283. The second-order valence-corrected chi connectivity index (χ2v) is 3.13. The zero-order chi connectivity index (χ0) is 10.1. The van der Waals surface area contributed by atoms with Crippen molar-refractivity contribution in [2.45, 2.75) is 19.4 Å². The summed E-state index contributed by atoms with van der Waals surface area (Å²) in [6.45, 7) is 1.84. The van der Waals surface area contributed by atoms with Crippen molar-refractivity contribution in [1.82, 2.24) is 0 Å². The van der Waals surface area contributed by atoms with Crippen molar-refractivity contribution in [3.63, 3.8) is 0 Å². The van der Waals surface area contributed by atoms with Crippen molar-refractivity contribution >= 4 is 11.6 Å². The molecule has 14 heavy (non-hydrogen) atoms. The molecule has 0 spiro atoms. The van der Waals surface area contributed by atoms with Crippen molar-refractivity contribution in [1.29, 1.82) is 0 Å². The third kappa shape index (κ3) is 1.24. The molecule has 1 heterocycles. The first-order valence-corrected chi connectivity index (χ1v) is 4.52. The summed E-state index contributed by atoms with van der Waals surface area (Å²) in [5.74, 6) is 0.132. The fraction of sp³-hybridized carbons (Fsp3) is 0.300. The summed E-state index contributed by atoms with van der Waals surface area (Å²) < 4.78 is 5.41. The Morgan fingerprint density at radius 1 is 1.50 bits per heavy atom. The van der Waals surface area contributed by atoms with E-state index in [0.717, 1.165) is 0 Å². The Morgan fingerprint density at radius 2 is 2.21 bits per heavy atom. The van der Waals surface area contributed by atoms with Gasteiger partial charge >= 0.3 is 0 Å². The van der Waals surface area contributed by atoms with E-state index in [1.165, 1.54) is 0 Å². The maximum absolute atomic E-state index is 11.5. The molecular weight excluding hydrogens is 182 g/mol. The molecule has 2 rings (SSSR count). The number of hydroxylamine groups is 1. The Bertz CT molecular complexity index is 364. The van der Waals surface area contributed by atoms with Gasteiger partial charge in [-0.15, -0.1) is 0 Å². The van der Waals surface area contributed by atoms with Gasteiger partial charge in [0.05, 0.1) is 0 Å². The lowest BCUT2D eigenvalue weighted by Gasteiger charge is -2.29. The lowest BCUT2D eigenvalue weighted by Crippen LogP contribution is -2.43. The maximum Gasteiger partial charge on any atom is 0.291 e. The van der Waals surface area contributed by atoms with Crippen LogP contribution in [0.1, 0.15) is 13.3 Å². The number of anilines is 1. The Morgan fingerprint density at radius 3 is 2.93 bits per heavy atom. The summed E-state index contributed by atoms with van der Waals surface area (Å²) in [5.41, 5.74) is 0.405. The third-order valence-electron chi connectivity index (χ3n) is 2.22. The number of carbonyl (C=O) groups is 1. The van der Waals surface area contributed by atoms with Crippen LogP contribution in [0.3, 0.4) is 0 Å². The first kappa shape index (κ1) is 9.02. The fourth-order valence-corrected chi connectivity index (χ4v) is 1.45. The van der Waals surface area contributed by atoms with Crippen LogP contribution in [0, 0.1) is 0 Å². The van der Waals surface area contributed by atoms with Crippen LogP contribution in [0.2, 0.25) is 0 Å². The summed E-state index contributed by atoms with van der Waals surface area (Å²) in [7, 11) is 0. The van der Waals surface area contributed by atoms with Crippen LogP contribution < -0.4 is 9.80 Å². The van der Waals surface area contributed by atoms with Gasteiger partial charge in [0.1, 0.15) is 11.4 Å². The number of carbonyl (C=O) groups excluding carboxylic acids is 1. The van der Waals surface area contributed by atoms with Crippen LogP contribution in [0.5, 0.6) is 5.75 Å². The highest BCUT2D eigenvalue weighted by molar-refractivity contribution is 5.97. The van der Waals surface area contributed by atoms with Gasteiger partial charge in [0, 0.05) is 0 Å². The standard InChI is InChI=1S/C10H11NO3/c1-2-8-10(12)11(13)7-5-3-4-6-9(7)14-8/h3-6,8,13H,2H2,1H3/t8-/m0/s1. The molecule has 1 amide bonds. The number of amides is 1. The van der Waals surface area contributed by atoms with Gasteiger partial charge in [-0.2, -0.15) is 5.06 Å². The van der Waals surface area contributed by atoms with Gasteiger partial charge in [0.15, 0.2) is 6.10 Å². The van der Waals surface area contributed by atoms with E-state index in [1.54, 1.807) is 24.3 Å². The van der Waals surface area contributed by atoms with E-state index in [2.05, 4.69) is 0 Å². The van der Waals surface area contributed by atoms with Gasteiger partial charge in [0.25, 0.3) is 5.91 Å². The average molecular weight is 193 g/mol. The SMILES string of the molecule is CC[C@@H]1Oc2ccccc2N(O)C1=O. The highest BCUT2D eigenvalue weighted by atomic mass is 16.6. The summed E-state index contributed by atoms with van der Waals surface area (Å²) in [4.78, 5) is 11.5. The zero-order valence-corrected chi connectivity index (χ0v) is 7.80. The molecule has 74 valence electrons. The predicted molar refractivity (Wildman–Crippen MR) is 50.4 cm³/mol. The molecule has 0 fully saturated rings. The van der Waals surface area contributed by atoms with Crippen LogP contribution in [-0.4, -0.2) is 17.2 Å². The van der Waals surface area contributed by atoms with E-state index in [1.807, 2.05) is 6.92 Å². The summed E-state index contributed by atoms with van der Waals surface area (Å²) in [6, 6.07) is 6.91. The molecule has 1 N–H and O–H groups in total. The van der Waals surface area contributed by atoms with E-state index in [0.29, 0.717) is 22.9 Å². The van der Waals surface area contributed by atoms with Gasteiger partial charge in [-0.25, -0.2) is 0 Å². The number of hydrogen-bond acceptors (Lipinski definition) is 3. The molecule has 1 aliphatic rings. The molecule has 0 saturated heterocycles. The minimum Gasteiger partial charge on any atom is -0.478 e. The summed E-state index contributed by atoms with van der Waals surface area (Å²) >= 11 is 0. The van der Waals surface area contributed by atoms with Crippen molar-refractivity contribution in [3.8, 4) is 5.75 Å². The second-order valence-electron chi connectivity index (χ2n) is 3.13. The molecule has 0 bridgehead atoms. The Labute approximate surface area is 81.7 Å². The van der Waals surface area contributed by atoms with E-state index in [-0.39, 0.29) is 0 Å². The molecule has 0 radical (unpaired) electrons. The Hall–Kier alpha value is -1.55. The number of nitrogens with zero attached hydrogens (tertiary/aromatic N) is 1. The van der Waals surface area contributed by atoms with Gasteiger partial charge in [-0.05, 0) is 18.6 Å². The molecule has 4 heteroatoms. The molecule has 0 saturated carbocycles.